The fourth-order valence-electron chi connectivity index (χ4n) is 7.23. The van der Waals surface area contributed by atoms with Gasteiger partial charge >= 0.3 is 5.97 Å². The number of esters is 1. The van der Waals surface area contributed by atoms with Gasteiger partial charge < -0.3 is 20.3 Å². The monoisotopic (exact) mass is 862 g/mol. The quantitative estimate of drug-likeness (QED) is 0.0245. The highest BCUT2D eigenvalue weighted by atomic mass is 16.5. The number of carbonyl (C=O) groups excluding carboxylic acids is 2. The number of allylic oxidation sites excluding steroid dienone is 16. The summed E-state index contributed by atoms with van der Waals surface area (Å²) in [6, 6.07) is -0.724. The lowest BCUT2D eigenvalue weighted by Gasteiger charge is -2.24. The maximum absolute atomic E-state index is 13.2. The van der Waals surface area contributed by atoms with Crippen LogP contribution in [0.1, 0.15) is 220 Å². The summed E-state index contributed by atoms with van der Waals surface area (Å²) in [5, 5.41) is 23.8. The molecule has 62 heavy (non-hydrogen) atoms. The van der Waals surface area contributed by atoms with Gasteiger partial charge in [-0.05, 0) is 77.0 Å². The van der Waals surface area contributed by atoms with Gasteiger partial charge in [0.25, 0.3) is 0 Å². The Balaban J connectivity index is 4.71. The van der Waals surface area contributed by atoms with Crippen molar-refractivity contribution in [2.75, 3.05) is 6.61 Å². The van der Waals surface area contributed by atoms with Gasteiger partial charge in [0.05, 0.1) is 25.2 Å². The summed E-state index contributed by atoms with van der Waals surface area (Å²) >= 11 is 0. The van der Waals surface area contributed by atoms with E-state index >= 15 is 0 Å². The lowest BCUT2D eigenvalue weighted by atomic mass is 10.0. The van der Waals surface area contributed by atoms with Crippen LogP contribution in [0.25, 0.3) is 0 Å². The third-order valence-corrected chi connectivity index (χ3v) is 11.0. The van der Waals surface area contributed by atoms with E-state index in [1.54, 1.807) is 0 Å². The first-order valence-corrected chi connectivity index (χ1v) is 25.5. The minimum Gasteiger partial charge on any atom is -0.462 e. The molecule has 0 aliphatic rings. The lowest BCUT2D eigenvalue weighted by molar-refractivity contribution is -0.151. The van der Waals surface area contributed by atoms with Gasteiger partial charge in [-0.25, -0.2) is 0 Å². The van der Waals surface area contributed by atoms with Gasteiger partial charge in [0, 0.05) is 6.42 Å². The molecule has 0 saturated carbocycles. The van der Waals surface area contributed by atoms with Gasteiger partial charge in [0.2, 0.25) is 5.91 Å². The molecule has 6 heteroatoms. The Morgan fingerprint density at radius 1 is 0.500 bits per heavy atom. The summed E-state index contributed by atoms with van der Waals surface area (Å²) in [7, 11) is 0. The van der Waals surface area contributed by atoms with Gasteiger partial charge in [-0.15, -0.1) is 0 Å². The van der Waals surface area contributed by atoms with Crippen molar-refractivity contribution in [2.45, 2.75) is 238 Å². The van der Waals surface area contributed by atoms with E-state index in [1.807, 2.05) is 42.5 Å². The molecule has 0 heterocycles. The smallest absolute Gasteiger partial charge is 0.306 e. The largest absolute Gasteiger partial charge is 0.462 e. The average Bonchev–Trinajstić information content (AvgIpc) is 3.26. The Kier molecular flexibility index (Phi) is 46.3. The summed E-state index contributed by atoms with van der Waals surface area (Å²) in [4.78, 5) is 26.1. The van der Waals surface area contributed by atoms with E-state index in [0.717, 1.165) is 103 Å². The van der Waals surface area contributed by atoms with Gasteiger partial charge in [-0.2, -0.15) is 0 Å². The number of amides is 1. The van der Waals surface area contributed by atoms with Crippen LogP contribution in [0.4, 0.5) is 0 Å². The molecule has 3 unspecified atom stereocenters. The van der Waals surface area contributed by atoms with Gasteiger partial charge in [0.1, 0.15) is 6.10 Å². The lowest BCUT2D eigenvalue weighted by Crippen LogP contribution is -2.46. The summed E-state index contributed by atoms with van der Waals surface area (Å²) in [5.74, 6) is -0.552. The third-order valence-electron chi connectivity index (χ3n) is 11.0. The first-order chi connectivity index (χ1) is 30.5. The minimum absolute atomic E-state index is 0.0397. The van der Waals surface area contributed by atoms with Crippen LogP contribution in [-0.2, 0) is 14.3 Å². The molecule has 6 nitrogen and oxygen atoms in total. The maximum atomic E-state index is 13.2. The van der Waals surface area contributed by atoms with Crippen LogP contribution in [0.15, 0.2) is 97.2 Å². The van der Waals surface area contributed by atoms with Gasteiger partial charge in [0.15, 0.2) is 0 Å². The summed E-state index contributed by atoms with van der Waals surface area (Å²) in [6.07, 6.45) is 64.6. The molecule has 354 valence electrons. The molecule has 0 aliphatic heterocycles. The molecule has 0 saturated heterocycles. The van der Waals surface area contributed by atoms with Crippen LogP contribution in [0.5, 0.6) is 0 Å². The van der Waals surface area contributed by atoms with E-state index in [-0.39, 0.29) is 24.9 Å². The molecule has 0 radical (unpaired) electrons. The van der Waals surface area contributed by atoms with Crippen molar-refractivity contribution >= 4 is 11.9 Å². The first-order valence-electron chi connectivity index (χ1n) is 25.5. The predicted molar refractivity (Wildman–Crippen MR) is 268 cm³/mol. The van der Waals surface area contributed by atoms with Crippen molar-refractivity contribution in [2.24, 2.45) is 0 Å². The molecule has 0 fully saturated rings. The molecule has 0 aliphatic carbocycles. The summed E-state index contributed by atoms with van der Waals surface area (Å²) in [6.45, 7) is 6.21. The number of carbonyl (C=O) groups is 2. The standard InChI is InChI=1S/C56H95NO5/c1-4-7-10-13-16-19-22-25-28-31-34-37-40-43-46-49-56(61)62-52(47-44-41-38-35-32-29-26-23-20-17-14-11-8-5-2)50-55(60)57-53(51-58)54(59)48-45-42-39-36-33-30-27-24-21-18-15-12-9-6-3/h7-8,10-11,13,16-17,19-20,22,25-26,28-29,31,34,52-54,58-59H,4-6,9,12,14-15,18,21,23-24,27,30,32-33,35-51H2,1-3H3,(H,57,60)/b10-7+,11-8+,16-13+,20-17+,22-19-,28-25-,29-26+,34-31+. The van der Waals surface area contributed by atoms with E-state index in [2.05, 4.69) is 80.8 Å². The minimum atomic E-state index is -0.807. The first kappa shape index (κ1) is 58.8. The number of unbranched alkanes of at least 4 members (excludes halogenated alkanes) is 20. The second-order valence-corrected chi connectivity index (χ2v) is 16.9. The van der Waals surface area contributed by atoms with E-state index < -0.39 is 18.2 Å². The molecule has 1 amide bonds. The second kappa shape index (κ2) is 48.8. The van der Waals surface area contributed by atoms with Crippen molar-refractivity contribution < 1.29 is 24.5 Å². The Morgan fingerprint density at radius 2 is 0.952 bits per heavy atom. The van der Waals surface area contributed by atoms with Crippen LogP contribution in [0.3, 0.4) is 0 Å². The topological polar surface area (TPSA) is 95.9 Å². The molecule has 3 atom stereocenters. The number of hydrogen-bond donors (Lipinski definition) is 3. The van der Waals surface area contributed by atoms with E-state index in [4.69, 9.17) is 4.74 Å². The molecule has 0 spiro atoms. The van der Waals surface area contributed by atoms with Crippen LogP contribution in [-0.4, -0.2) is 46.9 Å². The highest BCUT2D eigenvalue weighted by Gasteiger charge is 2.24. The second-order valence-electron chi connectivity index (χ2n) is 16.9. The van der Waals surface area contributed by atoms with Crippen LogP contribution >= 0.6 is 0 Å². The number of aliphatic hydroxyl groups excluding tert-OH is 2. The highest BCUT2D eigenvalue weighted by molar-refractivity contribution is 5.77. The zero-order chi connectivity index (χ0) is 45.2. The molecule has 0 aromatic carbocycles. The molecule has 0 bridgehead atoms. The van der Waals surface area contributed by atoms with Crippen LogP contribution in [0, 0.1) is 0 Å². The zero-order valence-corrected chi connectivity index (χ0v) is 40.2. The van der Waals surface area contributed by atoms with Crippen LogP contribution in [0.2, 0.25) is 0 Å². The Hall–Kier alpha value is -3.22. The summed E-state index contributed by atoms with van der Waals surface area (Å²) in [5.41, 5.74) is 0. The zero-order valence-electron chi connectivity index (χ0n) is 40.2. The van der Waals surface area contributed by atoms with Gasteiger partial charge in [-0.3, -0.25) is 9.59 Å². The van der Waals surface area contributed by atoms with E-state index in [1.165, 1.54) is 70.6 Å². The number of nitrogens with one attached hydrogen (secondary N) is 1. The van der Waals surface area contributed by atoms with Crippen LogP contribution < -0.4 is 5.32 Å². The van der Waals surface area contributed by atoms with E-state index in [0.29, 0.717) is 19.3 Å². The molecule has 0 rings (SSSR count). The SMILES string of the molecule is CC/C=C/C=C/C=C\C=C/C=C/CCCCCC(=O)OC(CCCCCC/C=C/C/C=C/C/C=C/CC)CC(=O)NC(CO)C(O)CCCCCCCCCCCCCCCC. The number of aliphatic hydroxyl groups is 2. The summed E-state index contributed by atoms with van der Waals surface area (Å²) < 4.78 is 5.90. The molecule has 3 N–H and O–H groups in total. The third kappa shape index (κ3) is 43.4. The van der Waals surface area contributed by atoms with Crippen molar-refractivity contribution in [3.8, 4) is 0 Å². The number of ether oxygens (including phenoxy) is 1. The van der Waals surface area contributed by atoms with Gasteiger partial charge in [-0.1, -0.05) is 227 Å². The molecule has 0 aromatic heterocycles. The van der Waals surface area contributed by atoms with Crippen molar-refractivity contribution in [3.05, 3.63) is 97.2 Å². The van der Waals surface area contributed by atoms with E-state index in [9.17, 15) is 19.8 Å². The molecular formula is C56H95NO5. The predicted octanol–water partition coefficient (Wildman–Crippen LogP) is 15.3. The fourth-order valence-corrected chi connectivity index (χ4v) is 7.23. The van der Waals surface area contributed by atoms with Crippen molar-refractivity contribution in [1.29, 1.82) is 0 Å². The Bertz CT molecular complexity index is 1240. The number of hydrogen-bond acceptors (Lipinski definition) is 5. The van der Waals surface area contributed by atoms with Crippen molar-refractivity contribution in [1.82, 2.24) is 5.32 Å². The molecular weight excluding hydrogens is 767 g/mol. The fraction of sp³-hybridized carbons (Fsp3) is 0.679. The normalized spacial score (nSPS) is 14.1. The molecule has 0 aromatic rings. The van der Waals surface area contributed by atoms with Crippen molar-refractivity contribution in [3.63, 3.8) is 0 Å². The average molecular weight is 862 g/mol. The number of rotatable bonds is 44. The Morgan fingerprint density at radius 3 is 1.52 bits per heavy atom. The maximum Gasteiger partial charge on any atom is 0.306 e. The highest BCUT2D eigenvalue weighted by Crippen LogP contribution is 2.17. The Labute approximate surface area is 382 Å².